The minimum atomic E-state index is -0.274. The lowest BCUT2D eigenvalue weighted by Crippen LogP contribution is -2.48. The van der Waals surface area contributed by atoms with Crippen LogP contribution in [0.1, 0.15) is 33.3 Å². The van der Waals surface area contributed by atoms with E-state index in [4.69, 9.17) is 14.6 Å². The number of ether oxygens (including phenoxy) is 2. The number of aliphatic hydroxyl groups is 1. The van der Waals surface area contributed by atoms with Crippen molar-refractivity contribution < 1.29 is 19.4 Å². The van der Waals surface area contributed by atoms with E-state index in [1.807, 2.05) is 46.9 Å². The number of halogens is 1. The van der Waals surface area contributed by atoms with Gasteiger partial charge in [-0.15, -0.1) is 24.0 Å². The highest BCUT2D eigenvalue weighted by molar-refractivity contribution is 14.0. The molecule has 29 heavy (non-hydrogen) atoms. The number of carbonyl (C=O) groups excluding carboxylic acids is 1. The number of carbonyl (C=O) groups is 1. The largest absolute Gasteiger partial charge is 0.493 e. The summed E-state index contributed by atoms with van der Waals surface area (Å²) in [5.74, 6) is 1.75. The summed E-state index contributed by atoms with van der Waals surface area (Å²) in [5.41, 5.74) is 0.667. The maximum atomic E-state index is 12.2. The summed E-state index contributed by atoms with van der Waals surface area (Å²) in [4.78, 5) is 18.6. The van der Waals surface area contributed by atoms with Crippen molar-refractivity contribution in [3.8, 4) is 11.5 Å². The average molecular weight is 522 g/mol. The Morgan fingerprint density at radius 3 is 2.52 bits per heavy atom. The number of hydrogen-bond acceptors (Lipinski definition) is 5. The molecule has 1 aromatic carbocycles. The van der Waals surface area contributed by atoms with E-state index in [0.29, 0.717) is 30.5 Å². The quantitative estimate of drug-likeness (QED) is 0.261. The van der Waals surface area contributed by atoms with Crippen molar-refractivity contribution in [2.45, 2.75) is 39.8 Å². The number of hydrogen-bond donors (Lipinski definition) is 3. The molecule has 0 fully saturated rings. The Bertz CT molecular complexity index is 662. The maximum absolute atomic E-state index is 12.2. The van der Waals surface area contributed by atoms with Gasteiger partial charge >= 0.3 is 0 Å². The molecule has 1 amide bonds. The van der Waals surface area contributed by atoms with Gasteiger partial charge in [-0.05, 0) is 45.4 Å². The van der Waals surface area contributed by atoms with Crippen molar-refractivity contribution in [1.29, 1.82) is 0 Å². The second kappa shape index (κ2) is 13.5. The number of nitrogens with one attached hydrogen (secondary N) is 2. The summed E-state index contributed by atoms with van der Waals surface area (Å²) in [7, 11) is 3.40. The van der Waals surface area contributed by atoms with Crippen molar-refractivity contribution >= 4 is 35.8 Å². The normalized spacial score (nSPS) is 11.3. The summed E-state index contributed by atoms with van der Waals surface area (Å²) < 4.78 is 10.8. The Morgan fingerprint density at radius 2 is 1.97 bits per heavy atom. The third-order valence-corrected chi connectivity index (χ3v) is 3.58. The van der Waals surface area contributed by atoms with Gasteiger partial charge in [-0.2, -0.15) is 0 Å². The van der Waals surface area contributed by atoms with Crippen LogP contribution in [-0.2, 0) is 11.3 Å². The van der Waals surface area contributed by atoms with Gasteiger partial charge in [-0.3, -0.25) is 4.79 Å². The zero-order valence-corrected chi connectivity index (χ0v) is 20.6. The van der Waals surface area contributed by atoms with Crippen molar-refractivity contribution in [3.05, 3.63) is 23.8 Å². The highest BCUT2D eigenvalue weighted by Gasteiger charge is 2.16. The zero-order chi connectivity index (χ0) is 21.2. The molecular formula is C20H35IN4O4. The molecule has 0 saturated heterocycles. The fourth-order valence-electron chi connectivity index (χ4n) is 2.47. The molecule has 0 spiro atoms. The summed E-state index contributed by atoms with van der Waals surface area (Å²) in [5, 5.41) is 15.0. The molecule has 1 aromatic rings. The van der Waals surface area contributed by atoms with Crippen LogP contribution in [0.5, 0.6) is 11.5 Å². The third kappa shape index (κ3) is 10.6. The van der Waals surface area contributed by atoms with Crippen LogP contribution in [0.3, 0.4) is 0 Å². The van der Waals surface area contributed by atoms with Gasteiger partial charge in [0, 0.05) is 19.1 Å². The predicted octanol–water partition coefficient (Wildman–Crippen LogP) is 2.00. The summed E-state index contributed by atoms with van der Waals surface area (Å²) in [6.45, 7) is 9.31. The number of aliphatic imine (C=N–C) groups is 1. The van der Waals surface area contributed by atoms with Crippen LogP contribution in [0.2, 0.25) is 0 Å². The number of benzene rings is 1. The van der Waals surface area contributed by atoms with Gasteiger partial charge in [0.1, 0.15) is 6.61 Å². The van der Waals surface area contributed by atoms with Crippen molar-refractivity contribution in [2.75, 3.05) is 40.5 Å². The number of likely N-dealkylation sites (N-methyl/N-ethyl adjacent to an activating group) is 1. The number of nitrogens with zero attached hydrogens (tertiary/aromatic N) is 2. The van der Waals surface area contributed by atoms with E-state index in [0.717, 1.165) is 5.56 Å². The lowest BCUT2D eigenvalue weighted by molar-refractivity contribution is -0.122. The first-order chi connectivity index (χ1) is 13.2. The van der Waals surface area contributed by atoms with Crippen LogP contribution in [-0.4, -0.2) is 67.9 Å². The second-order valence-corrected chi connectivity index (χ2v) is 7.38. The molecule has 3 N–H and O–H groups in total. The Hall–Kier alpha value is -1.75. The minimum absolute atomic E-state index is 0. The fourth-order valence-corrected chi connectivity index (χ4v) is 2.47. The van der Waals surface area contributed by atoms with Crippen molar-refractivity contribution in [2.24, 2.45) is 4.99 Å². The van der Waals surface area contributed by atoms with E-state index in [-0.39, 0.29) is 55.2 Å². The molecule has 9 heteroatoms. The second-order valence-electron chi connectivity index (χ2n) is 7.38. The topological polar surface area (TPSA) is 95.4 Å². The lowest BCUT2D eigenvalue weighted by atomic mass is 10.1. The van der Waals surface area contributed by atoms with Gasteiger partial charge in [0.25, 0.3) is 0 Å². The standard InChI is InChI=1S/C20H34N4O4.HI/c1-7-21-19(24(5)14-18(26)23-20(2,3)4)22-13-15-8-9-16(28-11-10-25)17(12-15)27-6;/h8-9,12,25H,7,10-11,13-14H2,1-6H3,(H,21,22)(H,23,26);1H. The molecule has 0 heterocycles. The Labute approximate surface area is 191 Å². The molecular weight excluding hydrogens is 487 g/mol. The molecule has 0 aliphatic heterocycles. The first-order valence-electron chi connectivity index (χ1n) is 9.41. The number of methoxy groups -OCH3 is 1. The summed E-state index contributed by atoms with van der Waals surface area (Å²) in [6, 6.07) is 5.55. The monoisotopic (exact) mass is 522 g/mol. The number of guanidine groups is 1. The molecule has 0 aliphatic carbocycles. The van der Waals surface area contributed by atoms with Crippen molar-refractivity contribution in [1.82, 2.24) is 15.5 Å². The van der Waals surface area contributed by atoms with Crippen LogP contribution in [0.4, 0.5) is 0 Å². The Morgan fingerprint density at radius 1 is 1.28 bits per heavy atom. The van der Waals surface area contributed by atoms with Gasteiger partial charge in [-0.25, -0.2) is 4.99 Å². The van der Waals surface area contributed by atoms with Crippen LogP contribution in [0.15, 0.2) is 23.2 Å². The molecule has 0 aliphatic rings. The van der Waals surface area contributed by atoms with Crippen LogP contribution < -0.4 is 20.1 Å². The number of amides is 1. The highest BCUT2D eigenvalue weighted by Crippen LogP contribution is 2.28. The number of rotatable bonds is 9. The summed E-state index contributed by atoms with van der Waals surface area (Å²) >= 11 is 0. The third-order valence-electron chi connectivity index (χ3n) is 3.58. The van der Waals surface area contributed by atoms with Crippen LogP contribution in [0, 0.1) is 0 Å². The zero-order valence-electron chi connectivity index (χ0n) is 18.2. The average Bonchev–Trinajstić information content (AvgIpc) is 2.61. The lowest BCUT2D eigenvalue weighted by Gasteiger charge is -2.25. The van der Waals surface area contributed by atoms with Gasteiger partial charge in [0.05, 0.1) is 26.8 Å². The van der Waals surface area contributed by atoms with E-state index in [1.165, 1.54) is 0 Å². The smallest absolute Gasteiger partial charge is 0.240 e. The molecule has 0 atom stereocenters. The maximum Gasteiger partial charge on any atom is 0.240 e. The molecule has 0 aromatic heterocycles. The summed E-state index contributed by atoms with van der Waals surface area (Å²) in [6.07, 6.45) is 0. The van der Waals surface area contributed by atoms with Gasteiger partial charge in [0.2, 0.25) is 5.91 Å². The van der Waals surface area contributed by atoms with Crippen LogP contribution >= 0.6 is 24.0 Å². The first kappa shape index (κ1) is 27.2. The molecule has 0 unspecified atom stereocenters. The molecule has 166 valence electrons. The van der Waals surface area contributed by atoms with E-state index in [9.17, 15) is 4.79 Å². The first-order valence-corrected chi connectivity index (χ1v) is 9.41. The van der Waals surface area contributed by atoms with E-state index in [1.54, 1.807) is 18.1 Å². The molecule has 1 rings (SSSR count). The predicted molar refractivity (Wildman–Crippen MR) is 126 cm³/mol. The van der Waals surface area contributed by atoms with Gasteiger partial charge in [-0.1, -0.05) is 6.07 Å². The number of aliphatic hydroxyl groups excluding tert-OH is 1. The van der Waals surface area contributed by atoms with E-state index >= 15 is 0 Å². The van der Waals surface area contributed by atoms with Gasteiger partial charge < -0.3 is 30.1 Å². The molecule has 8 nitrogen and oxygen atoms in total. The van der Waals surface area contributed by atoms with Crippen molar-refractivity contribution in [3.63, 3.8) is 0 Å². The molecule has 0 saturated carbocycles. The molecule has 0 bridgehead atoms. The van der Waals surface area contributed by atoms with Gasteiger partial charge in [0.15, 0.2) is 17.5 Å². The molecule has 0 radical (unpaired) electrons. The van der Waals surface area contributed by atoms with E-state index < -0.39 is 0 Å². The fraction of sp³-hybridized carbons (Fsp3) is 0.600. The Kier molecular flexibility index (Phi) is 12.7. The minimum Gasteiger partial charge on any atom is -0.493 e. The van der Waals surface area contributed by atoms with Crippen LogP contribution in [0.25, 0.3) is 0 Å². The Balaban J connectivity index is 0.00000784. The van der Waals surface area contributed by atoms with E-state index in [2.05, 4.69) is 15.6 Å². The SMILES string of the molecule is CCNC(=NCc1ccc(OCCO)c(OC)c1)N(C)CC(=O)NC(C)(C)C.I. The highest BCUT2D eigenvalue weighted by atomic mass is 127.